The first kappa shape index (κ1) is 44.9. The summed E-state index contributed by atoms with van der Waals surface area (Å²) in [7, 11) is 0. The monoisotopic (exact) mass is 700 g/mol. The molecule has 0 radical (unpaired) electrons. The van der Waals surface area contributed by atoms with E-state index in [0.717, 1.165) is 38.5 Å². The fraction of sp³-hybridized carbons (Fsp3) is 0.952. The van der Waals surface area contributed by atoms with Crippen LogP contribution in [-0.2, 0) is 9.59 Å². The number of carbonyl (C=O) groups excluding carboxylic acids is 2. The molecule has 3 nitrogen and oxygen atoms in total. The van der Waals surface area contributed by atoms with Gasteiger partial charge >= 0.3 is 0 Å². The van der Waals surface area contributed by atoms with Crippen LogP contribution in [0.3, 0.4) is 0 Å². The largest absolute Gasteiger partial charge is 0.299 e. The quantitative estimate of drug-likeness (QED) is 0.0375. The van der Waals surface area contributed by atoms with E-state index in [1.807, 2.05) is 0 Å². The SMILES string of the molecule is CCCCCCCCCCCCCCCCCC(=O)C1(C(=O)CCCCCCCCCCCCCCCCC)CCC(N(Cl)Cl)CC1. The molecule has 1 saturated carbocycles. The van der Waals surface area contributed by atoms with Gasteiger partial charge in [0.05, 0.1) is 5.41 Å². The van der Waals surface area contributed by atoms with Gasteiger partial charge in [-0.1, -0.05) is 194 Å². The molecule has 0 bridgehead atoms. The minimum Gasteiger partial charge on any atom is -0.299 e. The van der Waals surface area contributed by atoms with E-state index in [1.165, 1.54) is 171 Å². The van der Waals surface area contributed by atoms with Crippen molar-refractivity contribution < 1.29 is 9.59 Å². The highest BCUT2D eigenvalue weighted by Gasteiger charge is 2.46. The highest BCUT2D eigenvalue weighted by Crippen LogP contribution is 2.43. The van der Waals surface area contributed by atoms with Crippen molar-refractivity contribution >= 4 is 35.1 Å². The zero-order valence-electron chi connectivity index (χ0n) is 31.6. The van der Waals surface area contributed by atoms with Crippen LogP contribution < -0.4 is 0 Å². The van der Waals surface area contributed by atoms with Gasteiger partial charge in [0, 0.05) is 18.9 Å². The van der Waals surface area contributed by atoms with E-state index in [0.29, 0.717) is 25.7 Å². The average Bonchev–Trinajstić information content (AvgIpc) is 3.07. The summed E-state index contributed by atoms with van der Waals surface area (Å²) >= 11 is 12.1. The van der Waals surface area contributed by atoms with E-state index >= 15 is 0 Å². The predicted octanol–water partition coefficient (Wildman–Crippen LogP) is 15.2. The van der Waals surface area contributed by atoms with Crippen LogP contribution in [0.1, 0.15) is 245 Å². The van der Waals surface area contributed by atoms with Gasteiger partial charge in [0.15, 0.2) is 0 Å². The number of halogens is 2. The summed E-state index contributed by atoms with van der Waals surface area (Å²) in [6.45, 7) is 4.56. The molecule has 0 amide bonds. The van der Waals surface area contributed by atoms with Gasteiger partial charge in [-0.05, 0) is 62.1 Å². The molecular weight excluding hydrogens is 621 g/mol. The number of hydrogen-bond donors (Lipinski definition) is 0. The lowest BCUT2D eigenvalue weighted by Gasteiger charge is -2.38. The Morgan fingerprint density at radius 3 is 0.915 bits per heavy atom. The predicted molar refractivity (Wildman–Crippen MR) is 207 cm³/mol. The molecule has 0 saturated heterocycles. The third-order valence-electron chi connectivity index (χ3n) is 11.2. The Bertz CT molecular complexity index is 671. The number of ketones is 2. The fourth-order valence-corrected chi connectivity index (χ4v) is 8.19. The molecule has 0 aromatic heterocycles. The normalized spacial score (nSPS) is 15.1. The van der Waals surface area contributed by atoms with Crippen molar-refractivity contribution in [3.05, 3.63) is 0 Å². The Labute approximate surface area is 304 Å². The summed E-state index contributed by atoms with van der Waals surface area (Å²) < 4.78 is 1.24. The number of Topliss-reactive ketones (excluding diaryl/α,β-unsaturated/α-hetero) is 2. The molecule has 1 fully saturated rings. The van der Waals surface area contributed by atoms with Gasteiger partial charge in [-0.3, -0.25) is 9.59 Å². The molecule has 1 rings (SSSR count). The lowest BCUT2D eigenvalue weighted by atomic mass is 9.65. The van der Waals surface area contributed by atoms with Crippen LogP contribution >= 0.6 is 23.6 Å². The molecule has 0 aliphatic heterocycles. The van der Waals surface area contributed by atoms with Crippen molar-refractivity contribution in [3.8, 4) is 0 Å². The maximum Gasteiger partial charge on any atom is 0.146 e. The molecule has 0 unspecified atom stereocenters. The number of unbranched alkanes of at least 4 members (excludes halogenated alkanes) is 28. The zero-order valence-corrected chi connectivity index (χ0v) is 33.1. The molecular formula is C42H79Cl2NO2. The number of carbonyl (C=O) groups is 2. The number of hydrogen-bond acceptors (Lipinski definition) is 3. The van der Waals surface area contributed by atoms with Crippen molar-refractivity contribution in [2.45, 2.75) is 251 Å². The van der Waals surface area contributed by atoms with Crippen molar-refractivity contribution in [1.82, 2.24) is 3.94 Å². The first-order chi connectivity index (χ1) is 23.0. The number of nitrogens with zero attached hydrogens (tertiary/aromatic N) is 1. The second kappa shape index (κ2) is 31.8. The minimum atomic E-state index is -0.785. The molecule has 47 heavy (non-hydrogen) atoms. The summed E-state index contributed by atoms with van der Waals surface area (Å²) in [4.78, 5) is 27.3. The smallest absolute Gasteiger partial charge is 0.146 e. The standard InChI is InChI=1S/C42H79Cl2NO2/c1-3-5-7-9-11-13-15-17-19-21-23-25-27-29-31-33-40(46)42(37-35-39(36-38-42)45(43)44)41(47)34-32-30-28-26-24-22-20-18-16-14-12-10-8-6-4-2/h39H,3-38H2,1-2H3. The molecule has 1 aliphatic rings. The van der Waals surface area contributed by atoms with Gasteiger partial charge in [0.2, 0.25) is 0 Å². The molecule has 0 aromatic rings. The van der Waals surface area contributed by atoms with Gasteiger partial charge in [-0.2, -0.15) is 0 Å². The molecule has 1 aliphatic carbocycles. The summed E-state index contributed by atoms with van der Waals surface area (Å²) in [5.41, 5.74) is -0.785. The van der Waals surface area contributed by atoms with Crippen molar-refractivity contribution in [1.29, 1.82) is 0 Å². The van der Waals surface area contributed by atoms with E-state index in [-0.39, 0.29) is 17.6 Å². The molecule has 0 N–H and O–H groups in total. The van der Waals surface area contributed by atoms with Crippen molar-refractivity contribution in [2.75, 3.05) is 0 Å². The zero-order chi connectivity index (χ0) is 34.3. The molecule has 0 spiro atoms. The van der Waals surface area contributed by atoms with E-state index in [9.17, 15) is 9.59 Å². The molecule has 5 heteroatoms. The lowest BCUT2D eigenvalue weighted by Crippen LogP contribution is -2.44. The van der Waals surface area contributed by atoms with Crippen LogP contribution in [0.5, 0.6) is 0 Å². The maximum absolute atomic E-state index is 13.6. The molecule has 0 aromatic carbocycles. The number of rotatable bonds is 35. The van der Waals surface area contributed by atoms with Crippen LogP contribution in [0.15, 0.2) is 0 Å². The third-order valence-corrected chi connectivity index (χ3v) is 11.7. The minimum absolute atomic E-state index is 0.0450. The van der Waals surface area contributed by atoms with Crippen LogP contribution in [0, 0.1) is 5.41 Å². The highest BCUT2D eigenvalue weighted by molar-refractivity contribution is 6.34. The Morgan fingerprint density at radius 1 is 0.447 bits per heavy atom. The van der Waals surface area contributed by atoms with Crippen LogP contribution in [-0.4, -0.2) is 21.5 Å². The van der Waals surface area contributed by atoms with Gasteiger partial charge in [0.25, 0.3) is 0 Å². The average molecular weight is 701 g/mol. The summed E-state index contributed by atoms with van der Waals surface area (Å²) in [5, 5.41) is 0. The lowest BCUT2D eigenvalue weighted by molar-refractivity contribution is -0.143. The Kier molecular flexibility index (Phi) is 30.4. The first-order valence-corrected chi connectivity index (χ1v) is 21.8. The fourth-order valence-electron chi connectivity index (χ4n) is 7.80. The molecule has 0 heterocycles. The Balaban J connectivity index is 2.20. The second-order valence-electron chi connectivity index (χ2n) is 15.3. The van der Waals surface area contributed by atoms with Gasteiger partial charge in [-0.25, -0.2) is 0 Å². The van der Waals surface area contributed by atoms with Gasteiger partial charge < -0.3 is 0 Å². The molecule has 278 valence electrons. The second-order valence-corrected chi connectivity index (χ2v) is 16.2. The van der Waals surface area contributed by atoms with Crippen LogP contribution in [0.2, 0.25) is 0 Å². The topological polar surface area (TPSA) is 37.4 Å². The van der Waals surface area contributed by atoms with E-state index < -0.39 is 5.41 Å². The summed E-state index contributed by atoms with van der Waals surface area (Å²) in [6.07, 6.45) is 43.3. The van der Waals surface area contributed by atoms with Crippen molar-refractivity contribution in [2.24, 2.45) is 5.41 Å². The van der Waals surface area contributed by atoms with E-state index in [1.54, 1.807) is 0 Å². The van der Waals surface area contributed by atoms with E-state index in [4.69, 9.17) is 23.6 Å². The first-order valence-electron chi connectivity index (χ1n) is 21.1. The summed E-state index contributed by atoms with van der Waals surface area (Å²) in [5.74, 6) is 0.402. The Morgan fingerprint density at radius 2 is 0.681 bits per heavy atom. The Hall–Kier alpha value is -0.120. The highest BCUT2D eigenvalue weighted by atomic mass is 35.5. The summed E-state index contributed by atoms with van der Waals surface area (Å²) in [6, 6.07) is 0.0450. The van der Waals surface area contributed by atoms with Crippen LogP contribution in [0.4, 0.5) is 0 Å². The van der Waals surface area contributed by atoms with Gasteiger partial charge in [0.1, 0.15) is 11.6 Å². The van der Waals surface area contributed by atoms with Crippen LogP contribution in [0.25, 0.3) is 0 Å². The van der Waals surface area contributed by atoms with E-state index in [2.05, 4.69) is 13.8 Å². The maximum atomic E-state index is 13.6. The third kappa shape index (κ3) is 23.1. The molecule has 0 atom stereocenters. The van der Waals surface area contributed by atoms with Gasteiger partial charge in [-0.15, -0.1) is 3.94 Å². The van der Waals surface area contributed by atoms with Crippen molar-refractivity contribution in [3.63, 3.8) is 0 Å².